The van der Waals surface area contributed by atoms with Gasteiger partial charge in [-0.1, -0.05) is 36.4 Å². The van der Waals surface area contributed by atoms with Gasteiger partial charge in [0, 0.05) is 101 Å². The van der Waals surface area contributed by atoms with Crippen LogP contribution in [-0.4, -0.2) is 75.7 Å². The Bertz CT molecular complexity index is 1780. The summed E-state index contributed by atoms with van der Waals surface area (Å²) in [6.45, 7) is 15.1. The quantitative estimate of drug-likeness (QED) is 0.153. The number of fused-ring (bicyclic) bond motifs is 4. The van der Waals surface area contributed by atoms with Crippen LogP contribution in [0.15, 0.2) is 134 Å². The Morgan fingerprint density at radius 1 is 0.357 bits per heavy atom. The molecule has 0 saturated heterocycles. The van der Waals surface area contributed by atoms with Crippen LogP contribution in [0.1, 0.15) is 97.4 Å². The van der Waals surface area contributed by atoms with Crippen LogP contribution < -0.4 is 0 Å². The molecule has 10 nitrogen and oxygen atoms in total. The van der Waals surface area contributed by atoms with Crippen LogP contribution in [0.4, 0.5) is 0 Å². The van der Waals surface area contributed by atoms with Gasteiger partial charge < -0.3 is 0 Å². The summed E-state index contributed by atoms with van der Waals surface area (Å²) in [7, 11) is 0. The van der Waals surface area contributed by atoms with E-state index in [1.807, 2.05) is 49.1 Å². The number of hydrogen-bond acceptors (Lipinski definition) is 10. The second-order valence-electron chi connectivity index (χ2n) is 14.8. The highest BCUT2D eigenvalue weighted by Gasteiger charge is 2.27. The van der Waals surface area contributed by atoms with E-state index < -0.39 is 0 Å². The molecule has 6 aromatic rings. The van der Waals surface area contributed by atoms with Crippen molar-refractivity contribution in [2.24, 2.45) is 0 Å². The number of hydrogen-bond donors (Lipinski definition) is 0. The minimum Gasteiger partial charge on any atom is -0.288 e. The summed E-state index contributed by atoms with van der Waals surface area (Å²) in [6, 6.07) is 37.8. The van der Waals surface area contributed by atoms with E-state index in [0.29, 0.717) is 26.2 Å². The summed E-state index contributed by atoms with van der Waals surface area (Å²) < 4.78 is 0. The van der Waals surface area contributed by atoms with Gasteiger partial charge in [-0.3, -0.25) is 49.5 Å². The van der Waals surface area contributed by atoms with E-state index in [-0.39, 0.29) is 24.2 Å². The second-order valence-corrected chi connectivity index (χ2v) is 14.8. The molecule has 0 aliphatic carbocycles. The summed E-state index contributed by atoms with van der Waals surface area (Å²) in [5.74, 6) is 0. The topological polar surface area (TPSA) is 90.3 Å². The van der Waals surface area contributed by atoms with E-state index in [1.54, 1.807) is 0 Å². The largest absolute Gasteiger partial charge is 0.288 e. The minimum atomic E-state index is 0.0375. The maximum atomic E-state index is 5.42. The minimum absolute atomic E-state index is 0.0375. The third-order valence-corrected chi connectivity index (χ3v) is 11.2. The Balaban J connectivity index is 1.30. The first-order valence-corrected chi connectivity index (χ1v) is 19.9. The zero-order chi connectivity index (χ0) is 38.7. The summed E-state index contributed by atoms with van der Waals surface area (Å²) in [5.41, 5.74) is 8.35. The SMILES string of the molecule is C[C@@H]1c2cccc(n2)[C@@H](C)N(Cc2ccccn2)CCN(Cc2ccccn2)[C@H](C)c2cccc(n2)[C@@H](C)N(Cc2ccccn2)CCN1Cc1ccccn1. The highest BCUT2D eigenvalue weighted by Crippen LogP contribution is 2.29. The highest BCUT2D eigenvalue weighted by atomic mass is 15.3. The fourth-order valence-corrected chi connectivity index (χ4v) is 7.57. The van der Waals surface area contributed by atoms with Crippen molar-refractivity contribution in [1.82, 2.24) is 49.5 Å². The molecule has 288 valence electrons. The van der Waals surface area contributed by atoms with E-state index in [0.717, 1.165) is 71.7 Å². The number of nitrogens with zero attached hydrogens (tertiary/aromatic N) is 10. The van der Waals surface area contributed by atoms with Crippen LogP contribution >= 0.6 is 0 Å². The molecule has 4 bridgehead atoms. The first-order valence-electron chi connectivity index (χ1n) is 19.9. The summed E-state index contributed by atoms with van der Waals surface area (Å²) in [6.07, 6.45) is 7.52. The van der Waals surface area contributed by atoms with Crippen molar-refractivity contribution in [1.29, 1.82) is 0 Å². The third-order valence-electron chi connectivity index (χ3n) is 11.2. The Morgan fingerprint density at radius 3 is 0.821 bits per heavy atom. The normalized spacial score (nSPS) is 20.9. The monoisotopic (exact) mass is 746 g/mol. The van der Waals surface area contributed by atoms with Gasteiger partial charge in [0.25, 0.3) is 0 Å². The van der Waals surface area contributed by atoms with E-state index in [1.165, 1.54) is 0 Å². The number of pyridine rings is 6. The van der Waals surface area contributed by atoms with Gasteiger partial charge in [-0.2, -0.15) is 0 Å². The molecular formula is C46H54N10. The van der Waals surface area contributed by atoms with E-state index in [4.69, 9.17) is 29.9 Å². The van der Waals surface area contributed by atoms with Crippen molar-refractivity contribution in [2.75, 3.05) is 26.2 Å². The van der Waals surface area contributed by atoms with Gasteiger partial charge in [0.1, 0.15) is 0 Å². The first-order chi connectivity index (χ1) is 27.4. The lowest BCUT2D eigenvalue weighted by molar-refractivity contribution is 0.122. The average Bonchev–Trinajstić information content (AvgIpc) is 3.25. The molecule has 1 aliphatic heterocycles. The molecule has 0 radical (unpaired) electrons. The molecule has 1 aliphatic rings. The Hall–Kier alpha value is -5.26. The maximum Gasteiger partial charge on any atom is 0.0576 e. The van der Waals surface area contributed by atoms with Crippen LogP contribution in [0.2, 0.25) is 0 Å². The Kier molecular flexibility index (Phi) is 13.3. The van der Waals surface area contributed by atoms with E-state index in [2.05, 4.69) is 132 Å². The van der Waals surface area contributed by atoms with Crippen LogP contribution in [0.3, 0.4) is 0 Å². The number of aromatic nitrogens is 6. The zero-order valence-corrected chi connectivity index (χ0v) is 33.1. The van der Waals surface area contributed by atoms with E-state index in [9.17, 15) is 0 Å². The van der Waals surface area contributed by atoms with E-state index >= 15 is 0 Å². The van der Waals surface area contributed by atoms with Gasteiger partial charge in [-0.05, 0) is 100 Å². The van der Waals surface area contributed by atoms with Crippen LogP contribution in [-0.2, 0) is 26.2 Å². The molecule has 0 spiro atoms. The summed E-state index contributed by atoms with van der Waals surface area (Å²) in [4.78, 5) is 39.8. The Morgan fingerprint density at radius 2 is 0.607 bits per heavy atom. The van der Waals surface area contributed by atoms with Crippen molar-refractivity contribution in [3.63, 3.8) is 0 Å². The highest BCUT2D eigenvalue weighted by molar-refractivity contribution is 5.20. The Labute approximate surface area is 332 Å². The molecule has 4 atom stereocenters. The second kappa shape index (κ2) is 19.1. The van der Waals surface area contributed by atoms with Crippen molar-refractivity contribution >= 4 is 0 Å². The standard InChI is InChI=1S/C46H54N10/c1-35-43-19-13-20-44(51-43)36(2)55(33-41-17-7-11-25-49-41)29-30-56(34-42-18-8-12-26-50-42)38(4)46-22-14-21-45(52-46)37(3)54(32-40-16-6-10-24-48-40)28-27-53(35)31-39-15-5-9-23-47-39/h5-26,35-38H,27-34H2,1-4H3/t35-,36-,37-,38-/m1/s1. The molecule has 0 aromatic carbocycles. The van der Waals surface area contributed by atoms with Crippen LogP contribution in [0.5, 0.6) is 0 Å². The zero-order valence-electron chi connectivity index (χ0n) is 33.1. The lowest BCUT2D eigenvalue weighted by atomic mass is 10.1. The molecule has 10 heteroatoms. The fourth-order valence-electron chi connectivity index (χ4n) is 7.57. The molecule has 6 aromatic heterocycles. The number of rotatable bonds is 8. The molecule has 7 rings (SSSR count). The van der Waals surface area contributed by atoms with Crippen molar-refractivity contribution in [3.8, 4) is 0 Å². The predicted octanol–water partition coefficient (Wildman–Crippen LogP) is 8.02. The van der Waals surface area contributed by atoms with Gasteiger partial charge in [-0.15, -0.1) is 0 Å². The molecule has 56 heavy (non-hydrogen) atoms. The third kappa shape index (κ3) is 10.1. The predicted molar refractivity (Wildman–Crippen MR) is 221 cm³/mol. The van der Waals surface area contributed by atoms with Gasteiger partial charge in [0.2, 0.25) is 0 Å². The molecular weight excluding hydrogens is 693 g/mol. The molecule has 0 unspecified atom stereocenters. The molecule has 0 saturated carbocycles. The summed E-state index contributed by atoms with van der Waals surface area (Å²) >= 11 is 0. The molecule has 0 amide bonds. The average molecular weight is 747 g/mol. The first kappa shape index (κ1) is 39.0. The molecule has 0 N–H and O–H groups in total. The van der Waals surface area contributed by atoms with Crippen molar-refractivity contribution < 1.29 is 0 Å². The van der Waals surface area contributed by atoms with Gasteiger partial charge in [0.15, 0.2) is 0 Å². The smallest absolute Gasteiger partial charge is 0.0576 e. The molecule has 0 fully saturated rings. The van der Waals surface area contributed by atoms with Crippen LogP contribution in [0, 0.1) is 0 Å². The van der Waals surface area contributed by atoms with Crippen molar-refractivity contribution in [3.05, 3.63) is 180 Å². The fraction of sp³-hybridized carbons (Fsp3) is 0.348. The maximum absolute atomic E-state index is 5.42. The van der Waals surface area contributed by atoms with Gasteiger partial charge in [0.05, 0.1) is 45.6 Å². The lowest BCUT2D eigenvalue weighted by Crippen LogP contribution is -2.39. The van der Waals surface area contributed by atoms with Crippen LogP contribution in [0.25, 0.3) is 0 Å². The summed E-state index contributed by atoms with van der Waals surface area (Å²) in [5, 5.41) is 0. The van der Waals surface area contributed by atoms with Crippen molar-refractivity contribution in [2.45, 2.75) is 78.0 Å². The van der Waals surface area contributed by atoms with Gasteiger partial charge in [-0.25, -0.2) is 0 Å². The molecule has 7 heterocycles. The lowest BCUT2D eigenvalue weighted by Gasteiger charge is -2.36. The van der Waals surface area contributed by atoms with Gasteiger partial charge >= 0.3 is 0 Å².